The fourth-order valence-corrected chi connectivity index (χ4v) is 11.2. The van der Waals surface area contributed by atoms with E-state index in [1.165, 1.54) is 109 Å². The lowest BCUT2D eigenvalue weighted by Gasteiger charge is -2.47. The summed E-state index contributed by atoms with van der Waals surface area (Å²) in [5, 5.41) is 5.15. The molecule has 0 aliphatic carbocycles. The molecule has 0 spiro atoms. The van der Waals surface area contributed by atoms with Gasteiger partial charge >= 0.3 is 6.85 Å². The minimum absolute atomic E-state index is 0.0184. The van der Waals surface area contributed by atoms with Crippen molar-refractivity contribution in [2.75, 3.05) is 9.71 Å². The smallest absolute Gasteiger partial charge is 0.333 e. The van der Waals surface area contributed by atoms with Crippen LogP contribution in [0.1, 0.15) is 79.0 Å². The number of rotatable bonds is 3. The lowest BCUT2D eigenvalue weighted by molar-refractivity contribution is 0.590. The molecule has 0 saturated carbocycles. The summed E-state index contributed by atoms with van der Waals surface area (Å²) in [4.78, 5) is 5.32. The lowest BCUT2D eigenvalue weighted by Crippen LogP contribution is -2.61. The Labute approximate surface area is 371 Å². The van der Waals surface area contributed by atoms with Gasteiger partial charge in [-0.2, -0.15) is 0 Å². The van der Waals surface area contributed by atoms with Crippen molar-refractivity contribution in [3.05, 3.63) is 174 Å². The Morgan fingerprint density at radius 2 is 1.06 bits per heavy atom. The Morgan fingerprint density at radius 1 is 0.435 bits per heavy atom. The van der Waals surface area contributed by atoms with E-state index in [9.17, 15) is 0 Å². The van der Waals surface area contributed by atoms with Crippen LogP contribution in [0, 0.1) is 0 Å². The highest BCUT2D eigenvalue weighted by molar-refractivity contribution is 7.26. The monoisotopic (exact) mass is 820 g/mol. The minimum atomic E-state index is -0.0947. The van der Waals surface area contributed by atoms with Crippen LogP contribution in [0.2, 0.25) is 0 Å². The zero-order valence-electron chi connectivity index (χ0n) is 37.4. The summed E-state index contributed by atoms with van der Waals surface area (Å²) in [6.45, 7) is 20.8. The molecule has 3 heterocycles. The van der Waals surface area contributed by atoms with Crippen LogP contribution < -0.4 is 20.6 Å². The highest BCUT2D eigenvalue weighted by Crippen LogP contribution is 2.52. The molecule has 0 N–H and O–H groups in total. The number of hydrogen-bond acceptors (Lipinski definition) is 3. The van der Waals surface area contributed by atoms with Gasteiger partial charge in [-0.15, -0.1) is 11.3 Å². The van der Waals surface area contributed by atoms with Crippen molar-refractivity contribution in [2.24, 2.45) is 0 Å². The van der Waals surface area contributed by atoms with Gasteiger partial charge in [0.1, 0.15) is 0 Å². The van der Waals surface area contributed by atoms with Gasteiger partial charge in [-0.25, -0.2) is 0 Å². The topological polar surface area (TPSA) is 6.48 Å². The van der Waals surface area contributed by atoms with E-state index in [4.69, 9.17) is 0 Å². The zero-order chi connectivity index (χ0) is 42.9. The first kappa shape index (κ1) is 38.8. The third-order valence-electron chi connectivity index (χ3n) is 13.5. The average molecular weight is 821 g/mol. The van der Waals surface area contributed by atoms with Crippen molar-refractivity contribution in [3.8, 4) is 22.3 Å². The Morgan fingerprint density at radius 3 is 1.79 bits per heavy atom. The van der Waals surface area contributed by atoms with E-state index < -0.39 is 0 Å². The summed E-state index contributed by atoms with van der Waals surface area (Å²) in [5.41, 5.74) is 17.8. The maximum Gasteiger partial charge on any atom is 0.333 e. The van der Waals surface area contributed by atoms with Gasteiger partial charge in [-0.3, -0.25) is 0 Å². The summed E-state index contributed by atoms with van der Waals surface area (Å²) >= 11 is 1.91. The molecule has 304 valence electrons. The molecular weight excluding hydrogens is 768 g/mol. The predicted octanol–water partition coefficient (Wildman–Crippen LogP) is 15.5. The number of benzene rings is 8. The first-order chi connectivity index (χ1) is 29.6. The van der Waals surface area contributed by atoms with Crippen LogP contribution in [0.3, 0.4) is 0 Å². The van der Waals surface area contributed by atoms with Crippen LogP contribution in [0.4, 0.5) is 28.4 Å². The Balaban J connectivity index is 1.31. The number of anilines is 5. The van der Waals surface area contributed by atoms with Crippen LogP contribution >= 0.6 is 11.3 Å². The van der Waals surface area contributed by atoms with E-state index >= 15 is 0 Å². The highest BCUT2D eigenvalue weighted by atomic mass is 32.1. The van der Waals surface area contributed by atoms with Gasteiger partial charge in [0.25, 0.3) is 0 Å². The zero-order valence-corrected chi connectivity index (χ0v) is 38.2. The third-order valence-corrected chi connectivity index (χ3v) is 14.6. The van der Waals surface area contributed by atoms with Crippen LogP contribution in [0.15, 0.2) is 158 Å². The quantitative estimate of drug-likeness (QED) is 0.164. The fourth-order valence-electron chi connectivity index (χ4n) is 10.1. The number of hydrogen-bond donors (Lipinski definition) is 0. The molecule has 1 aromatic heterocycles. The number of thiophene rings is 1. The van der Waals surface area contributed by atoms with E-state index in [-0.39, 0.29) is 23.1 Å². The predicted molar refractivity (Wildman–Crippen MR) is 272 cm³/mol. The minimum Gasteiger partial charge on any atom is -0.376 e. The first-order valence-electron chi connectivity index (χ1n) is 22.2. The molecule has 0 atom stereocenters. The maximum absolute atomic E-state index is 2.69. The molecule has 4 heteroatoms. The van der Waals surface area contributed by atoms with Gasteiger partial charge in [0, 0.05) is 54.0 Å². The Kier molecular flexibility index (Phi) is 8.57. The van der Waals surface area contributed by atoms with Gasteiger partial charge in [-0.1, -0.05) is 165 Å². The molecular formula is C58H53BN2S. The molecule has 2 nitrogen and oxygen atoms in total. The second-order valence-electron chi connectivity index (χ2n) is 20.6. The summed E-state index contributed by atoms with van der Waals surface area (Å²) < 4.78 is 2.64. The SMILES string of the molecule is CC(C)(C)c1ccc(N2B3c4cc5sc6ccccc6c5cc4N(c4ccc(C(C)(C)C)cc4-c4ccccc4)c4cc5ccccc5c(c43)-c3ccc(C(C)(C)C)cc32)cc1. The molecule has 0 amide bonds. The van der Waals surface area contributed by atoms with Crippen LogP contribution in [-0.4, -0.2) is 6.85 Å². The number of fused-ring (bicyclic) bond motifs is 9. The van der Waals surface area contributed by atoms with E-state index in [1.54, 1.807) is 0 Å². The Bertz CT molecular complexity index is 3250. The van der Waals surface area contributed by atoms with Crippen LogP contribution in [-0.2, 0) is 16.2 Å². The molecule has 0 radical (unpaired) electrons. The molecule has 2 aliphatic heterocycles. The largest absolute Gasteiger partial charge is 0.376 e. The second-order valence-corrected chi connectivity index (χ2v) is 21.7. The maximum atomic E-state index is 2.69. The van der Waals surface area contributed by atoms with Gasteiger partial charge in [0.05, 0.1) is 5.69 Å². The fraction of sp³-hybridized carbons (Fsp3) is 0.207. The van der Waals surface area contributed by atoms with Crippen molar-refractivity contribution < 1.29 is 0 Å². The van der Waals surface area contributed by atoms with Crippen molar-refractivity contribution in [2.45, 2.75) is 78.6 Å². The molecule has 62 heavy (non-hydrogen) atoms. The van der Waals surface area contributed by atoms with E-state index in [2.05, 4.69) is 230 Å². The summed E-state index contributed by atoms with van der Waals surface area (Å²) in [7, 11) is 0. The second kappa shape index (κ2) is 13.7. The summed E-state index contributed by atoms with van der Waals surface area (Å²) in [5.74, 6) is 0. The highest BCUT2D eigenvalue weighted by Gasteiger charge is 2.46. The van der Waals surface area contributed by atoms with E-state index in [1.807, 2.05) is 11.3 Å². The van der Waals surface area contributed by atoms with E-state index in [0.717, 1.165) is 0 Å². The molecule has 0 unspecified atom stereocenters. The summed E-state index contributed by atoms with van der Waals surface area (Å²) in [6, 6.07) is 60.6. The molecule has 8 aromatic carbocycles. The first-order valence-corrected chi connectivity index (χ1v) is 23.0. The standard InChI is InChI=1S/C58H53BN2S/c1-56(2,3)38-23-27-41(28-24-38)61-49-33-40(58(7,8)9)25-29-44(49)54-42-20-14-13-19-37(42)31-51-55(54)59(61)47-35-53-46(43-21-15-16-22-52(43)62-53)34-50(47)60(51)48-30-26-39(57(4,5)6)32-45(48)36-17-11-10-12-18-36/h10-35H,1-9H3. The van der Waals surface area contributed by atoms with Crippen molar-refractivity contribution in [1.29, 1.82) is 0 Å². The van der Waals surface area contributed by atoms with Crippen molar-refractivity contribution in [1.82, 2.24) is 0 Å². The van der Waals surface area contributed by atoms with Crippen LogP contribution in [0.25, 0.3) is 53.2 Å². The van der Waals surface area contributed by atoms with Crippen molar-refractivity contribution >= 4 is 88.5 Å². The lowest BCUT2D eigenvalue weighted by atomic mass is 9.43. The van der Waals surface area contributed by atoms with E-state index in [0.29, 0.717) is 0 Å². The van der Waals surface area contributed by atoms with Crippen molar-refractivity contribution in [3.63, 3.8) is 0 Å². The van der Waals surface area contributed by atoms with Gasteiger partial charge in [0.15, 0.2) is 0 Å². The molecule has 0 saturated heterocycles. The molecule has 0 bridgehead atoms. The normalized spacial score (nSPS) is 13.8. The van der Waals surface area contributed by atoms with Gasteiger partial charge in [0.2, 0.25) is 0 Å². The molecule has 9 aromatic rings. The third kappa shape index (κ3) is 6.05. The number of nitrogens with zero attached hydrogens (tertiary/aromatic N) is 2. The molecule has 11 rings (SSSR count). The van der Waals surface area contributed by atoms with Crippen LogP contribution in [0.5, 0.6) is 0 Å². The van der Waals surface area contributed by atoms with Gasteiger partial charge < -0.3 is 9.71 Å². The molecule has 0 fully saturated rings. The van der Waals surface area contributed by atoms with Gasteiger partial charge in [-0.05, 0) is 120 Å². The molecule has 2 aliphatic rings. The Hall–Kier alpha value is -6.10. The summed E-state index contributed by atoms with van der Waals surface area (Å²) in [6.07, 6.45) is 0. The average Bonchev–Trinajstić information content (AvgIpc) is 3.62.